The number of hydrogen-bond acceptors (Lipinski definition) is 0. The van der Waals surface area contributed by atoms with Gasteiger partial charge in [0.15, 0.2) is 0 Å². The summed E-state index contributed by atoms with van der Waals surface area (Å²) >= 11 is 0. The molecule has 0 saturated heterocycles. The minimum Gasteiger partial charge on any atom is -1.00 e. The van der Waals surface area contributed by atoms with Crippen molar-refractivity contribution in [3.05, 3.63) is 131 Å². The van der Waals surface area contributed by atoms with E-state index >= 15 is 0 Å². The molecule has 0 N–H and O–H groups in total. The van der Waals surface area contributed by atoms with E-state index in [1.54, 1.807) is 0 Å². The Hall–Kier alpha value is -1.28. The van der Waals surface area contributed by atoms with E-state index in [0.29, 0.717) is 0 Å². The van der Waals surface area contributed by atoms with Crippen LogP contribution in [0.15, 0.2) is 108 Å². The minimum absolute atomic E-state index is 0. The van der Waals surface area contributed by atoms with Gasteiger partial charge >= 0.3 is 21.7 Å². The molecule has 4 heteroatoms. The van der Waals surface area contributed by atoms with Crippen LogP contribution < -0.4 is 37.2 Å². The van der Waals surface area contributed by atoms with Gasteiger partial charge in [0, 0.05) is 5.41 Å². The molecular formula is C28H27Cl3Ti. The summed E-state index contributed by atoms with van der Waals surface area (Å²) in [6.45, 7) is 2.26. The first-order valence-corrected chi connectivity index (χ1v) is 10.3. The van der Waals surface area contributed by atoms with Gasteiger partial charge in [-0.25, -0.2) is 5.57 Å². The van der Waals surface area contributed by atoms with E-state index < -0.39 is 0 Å². The van der Waals surface area contributed by atoms with E-state index in [-0.39, 0.29) is 64.4 Å². The van der Waals surface area contributed by atoms with Crippen LogP contribution in [0.1, 0.15) is 49.3 Å². The molecule has 0 amide bonds. The molecule has 1 aliphatic rings. The van der Waals surface area contributed by atoms with Gasteiger partial charge in [-0.3, -0.25) is 6.08 Å². The van der Waals surface area contributed by atoms with Crippen molar-refractivity contribution in [1.82, 2.24) is 0 Å². The number of unbranched alkanes of at least 4 members (excludes halogenated alkanes) is 1. The van der Waals surface area contributed by atoms with Crippen molar-refractivity contribution in [3.8, 4) is 0 Å². The molecule has 0 aromatic heterocycles. The fraction of sp³-hybridized carbons (Fsp3) is 0.214. The summed E-state index contributed by atoms with van der Waals surface area (Å²) in [6, 6.07) is 33.0. The summed E-state index contributed by atoms with van der Waals surface area (Å²) in [5, 5.41) is 0. The Labute approximate surface area is 226 Å². The molecular weight excluding hydrogens is 491 g/mol. The van der Waals surface area contributed by atoms with Gasteiger partial charge in [-0.15, -0.1) is 0 Å². The van der Waals surface area contributed by atoms with E-state index in [4.69, 9.17) is 0 Å². The van der Waals surface area contributed by atoms with E-state index in [9.17, 15) is 0 Å². The van der Waals surface area contributed by atoms with Crippen LogP contribution in [0.5, 0.6) is 0 Å². The molecule has 0 bridgehead atoms. The zero-order chi connectivity index (χ0) is 19.2. The van der Waals surface area contributed by atoms with Gasteiger partial charge in [0.25, 0.3) is 0 Å². The molecule has 0 unspecified atom stereocenters. The largest absolute Gasteiger partial charge is 4.00 e. The van der Waals surface area contributed by atoms with Crippen LogP contribution in [0, 0.1) is 6.08 Å². The Morgan fingerprint density at radius 2 is 1.09 bits per heavy atom. The topological polar surface area (TPSA) is 0 Å². The first-order valence-electron chi connectivity index (χ1n) is 10.3. The molecule has 0 atom stereocenters. The van der Waals surface area contributed by atoms with Crippen LogP contribution in [0.2, 0.25) is 0 Å². The number of rotatable bonds is 7. The average molecular weight is 518 g/mol. The Morgan fingerprint density at radius 3 is 1.47 bits per heavy atom. The first-order chi connectivity index (χ1) is 13.9. The Morgan fingerprint density at radius 1 is 0.688 bits per heavy atom. The SMILES string of the molecule is CCCCC1=C(C(c2ccccc2)(c2ccccc2)c2ccccc2)CC=[C-]1.[Cl-].[Cl-].[Cl-].[Ti+4]. The molecule has 0 spiro atoms. The number of allylic oxidation sites excluding steroid dienone is 4. The third-order valence-electron chi connectivity index (χ3n) is 5.80. The fourth-order valence-corrected chi connectivity index (χ4v) is 4.53. The smallest absolute Gasteiger partial charge is 1.00 e. The molecule has 0 radical (unpaired) electrons. The number of benzene rings is 3. The molecule has 0 saturated carbocycles. The zero-order valence-electron chi connectivity index (χ0n) is 18.2. The maximum absolute atomic E-state index is 3.61. The Kier molecular flexibility index (Phi) is 14.2. The molecule has 4 rings (SSSR count). The van der Waals surface area contributed by atoms with Gasteiger partial charge in [-0.05, 0) is 16.7 Å². The van der Waals surface area contributed by atoms with Gasteiger partial charge in [0.2, 0.25) is 0 Å². The summed E-state index contributed by atoms with van der Waals surface area (Å²) < 4.78 is 0. The van der Waals surface area contributed by atoms with Crippen molar-refractivity contribution >= 4 is 0 Å². The maximum Gasteiger partial charge on any atom is 4.00 e. The van der Waals surface area contributed by atoms with E-state index in [0.717, 1.165) is 12.8 Å². The third-order valence-corrected chi connectivity index (χ3v) is 5.80. The van der Waals surface area contributed by atoms with Crippen LogP contribution >= 0.6 is 0 Å². The Bertz CT molecular complexity index is 871. The molecule has 3 aromatic rings. The Balaban J connectivity index is 0.00000240. The third kappa shape index (κ3) is 5.99. The van der Waals surface area contributed by atoms with E-state index in [1.165, 1.54) is 40.7 Å². The summed E-state index contributed by atoms with van der Waals surface area (Å²) in [4.78, 5) is 0. The van der Waals surface area contributed by atoms with Crippen molar-refractivity contribution < 1.29 is 58.9 Å². The second-order valence-corrected chi connectivity index (χ2v) is 7.46. The second kappa shape index (κ2) is 14.8. The van der Waals surface area contributed by atoms with E-state index in [2.05, 4.69) is 110 Å². The molecule has 3 aromatic carbocycles. The van der Waals surface area contributed by atoms with Crippen molar-refractivity contribution in [3.63, 3.8) is 0 Å². The molecule has 0 aliphatic heterocycles. The van der Waals surface area contributed by atoms with Gasteiger partial charge < -0.3 is 37.2 Å². The van der Waals surface area contributed by atoms with Crippen molar-refractivity contribution in [1.29, 1.82) is 0 Å². The molecule has 32 heavy (non-hydrogen) atoms. The predicted molar refractivity (Wildman–Crippen MR) is 118 cm³/mol. The van der Waals surface area contributed by atoms with Crippen molar-refractivity contribution in [2.75, 3.05) is 0 Å². The standard InChI is InChI=1S/C28H27.3ClH.Ti/c1-2-3-14-23-15-13-22-27(23)28(24-16-7-4-8-17-24,25-18-9-5-10-19-25)26-20-11-6-12-21-26;;;;/h4-13,16-21H,2-3,14,22H2,1H3;3*1H;/q-1;;;;+4/p-3. The van der Waals surface area contributed by atoms with E-state index in [1.807, 2.05) is 0 Å². The summed E-state index contributed by atoms with van der Waals surface area (Å²) in [5.74, 6) is 0. The average Bonchev–Trinajstić information content (AvgIpc) is 3.24. The van der Waals surface area contributed by atoms with Crippen LogP contribution in [-0.4, -0.2) is 0 Å². The molecule has 164 valence electrons. The predicted octanol–water partition coefficient (Wildman–Crippen LogP) is -1.72. The monoisotopic (exact) mass is 516 g/mol. The van der Waals surface area contributed by atoms with Gasteiger partial charge in [0.05, 0.1) is 0 Å². The molecule has 1 aliphatic carbocycles. The van der Waals surface area contributed by atoms with Crippen molar-refractivity contribution in [2.45, 2.75) is 38.0 Å². The second-order valence-electron chi connectivity index (χ2n) is 7.46. The normalized spacial score (nSPS) is 12.2. The van der Waals surface area contributed by atoms with Crippen LogP contribution in [0.3, 0.4) is 0 Å². The number of halogens is 3. The maximum atomic E-state index is 3.61. The molecule has 0 fully saturated rings. The number of hydrogen-bond donors (Lipinski definition) is 0. The zero-order valence-corrected chi connectivity index (χ0v) is 22.0. The van der Waals surface area contributed by atoms with Crippen LogP contribution in [-0.2, 0) is 27.1 Å². The quantitative estimate of drug-likeness (QED) is 0.199. The summed E-state index contributed by atoms with van der Waals surface area (Å²) in [7, 11) is 0. The first kappa shape index (κ1) is 30.7. The fourth-order valence-electron chi connectivity index (χ4n) is 4.53. The van der Waals surface area contributed by atoms with Gasteiger partial charge in [0.1, 0.15) is 0 Å². The summed E-state index contributed by atoms with van der Waals surface area (Å²) in [6.07, 6.45) is 10.3. The van der Waals surface area contributed by atoms with Crippen molar-refractivity contribution in [2.24, 2.45) is 0 Å². The van der Waals surface area contributed by atoms with Gasteiger partial charge in [-0.1, -0.05) is 124 Å². The van der Waals surface area contributed by atoms with Gasteiger partial charge in [-0.2, -0.15) is 11.6 Å². The molecule has 0 heterocycles. The summed E-state index contributed by atoms with van der Waals surface area (Å²) in [5.41, 5.74) is 6.56. The minimum atomic E-state index is -0.285. The van der Waals surface area contributed by atoms with Crippen LogP contribution in [0.4, 0.5) is 0 Å². The van der Waals surface area contributed by atoms with Crippen LogP contribution in [0.25, 0.3) is 0 Å². The molecule has 0 nitrogen and oxygen atoms in total.